The minimum absolute atomic E-state index is 0.0888. The minimum Gasteiger partial charge on any atom is -0.370 e. The Hall–Kier alpha value is -0.800. The van der Waals surface area contributed by atoms with Gasteiger partial charge in [0.05, 0.1) is 6.10 Å². The Morgan fingerprint density at radius 3 is 2.68 bits per heavy atom. The second-order valence-electron chi connectivity index (χ2n) is 5.36. The highest BCUT2D eigenvalue weighted by molar-refractivity contribution is 7.98. The molecule has 0 aromatic heterocycles. The maximum Gasteiger partial charge on any atom is 0.188 e. The molecule has 1 aliphatic carbocycles. The Kier molecular flexibility index (Phi) is 5.46. The van der Waals surface area contributed by atoms with E-state index in [1.54, 1.807) is 11.8 Å². The molecule has 1 saturated carbocycles. The number of benzene rings is 1. The van der Waals surface area contributed by atoms with Crippen LogP contribution in [0.3, 0.4) is 0 Å². The molecule has 0 spiro atoms. The molecule has 0 heterocycles. The highest BCUT2D eigenvalue weighted by atomic mass is 32.2. The molecule has 2 nitrogen and oxygen atoms in total. The molecule has 1 fully saturated rings. The maximum absolute atomic E-state index is 12.0. The van der Waals surface area contributed by atoms with Gasteiger partial charge in [0, 0.05) is 10.5 Å². The number of ketones is 1. The average molecular weight is 278 g/mol. The molecule has 2 atom stereocenters. The van der Waals surface area contributed by atoms with E-state index in [9.17, 15) is 4.79 Å². The SMILES string of the molecule is CSc1ccc(C(=O)COC2CCCC(C)C2)cc1. The van der Waals surface area contributed by atoms with Crippen LogP contribution < -0.4 is 0 Å². The van der Waals surface area contributed by atoms with Crippen LogP contribution >= 0.6 is 11.8 Å². The number of carbonyl (C=O) groups excluding carboxylic acids is 1. The molecule has 0 N–H and O–H groups in total. The summed E-state index contributed by atoms with van der Waals surface area (Å²) in [6.45, 7) is 2.48. The van der Waals surface area contributed by atoms with E-state index in [4.69, 9.17) is 4.74 Å². The van der Waals surface area contributed by atoms with E-state index in [0.717, 1.165) is 24.3 Å². The summed E-state index contributed by atoms with van der Waals surface area (Å²) >= 11 is 1.68. The lowest BCUT2D eigenvalue weighted by Crippen LogP contribution is -2.24. The zero-order chi connectivity index (χ0) is 13.7. The molecule has 0 aliphatic heterocycles. The minimum atomic E-state index is 0.0888. The molecular formula is C16H22O2S. The summed E-state index contributed by atoms with van der Waals surface area (Å²) in [5.41, 5.74) is 0.752. The lowest BCUT2D eigenvalue weighted by atomic mass is 9.89. The Bertz CT molecular complexity index is 413. The average Bonchev–Trinajstić information content (AvgIpc) is 2.45. The Balaban J connectivity index is 1.83. The highest BCUT2D eigenvalue weighted by Crippen LogP contribution is 2.25. The van der Waals surface area contributed by atoms with E-state index >= 15 is 0 Å². The quantitative estimate of drug-likeness (QED) is 0.597. The molecule has 2 unspecified atom stereocenters. The van der Waals surface area contributed by atoms with Crippen molar-refractivity contribution in [3.8, 4) is 0 Å². The molecule has 1 aliphatic rings. The fourth-order valence-electron chi connectivity index (χ4n) is 2.58. The third-order valence-corrected chi connectivity index (χ3v) is 4.49. The fourth-order valence-corrected chi connectivity index (χ4v) is 2.99. The molecule has 0 radical (unpaired) electrons. The molecule has 0 saturated heterocycles. The zero-order valence-electron chi connectivity index (χ0n) is 11.7. The van der Waals surface area contributed by atoms with Gasteiger partial charge in [-0.25, -0.2) is 0 Å². The van der Waals surface area contributed by atoms with E-state index in [-0.39, 0.29) is 18.5 Å². The van der Waals surface area contributed by atoms with E-state index < -0.39 is 0 Å². The molecule has 1 aromatic rings. The van der Waals surface area contributed by atoms with E-state index in [0.29, 0.717) is 0 Å². The summed E-state index contributed by atoms with van der Waals surface area (Å²) in [7, 11) is 0. The van der Waals surface area contributed by atoms with Gasteiger partial charge in [0.25, 0.3) is 0 Å². The predicted octanol–water partition coefficient (Wildman–Crippen LogP) is 4.19. The van der Waals surface area contributed by atoms with Crippen LogP contribution in [0.4, 0.5) is 0 Å². The van der Waals surface area contributed by atoms with Gasteiger partial charge in [0.2, 0.25) is 0 Å². The van der Waals surface area contributed by atoms with E-state index in [2.05, 4.69) is 6.92 Å². The van der Waals surface area contributed by atoms with E-state index in [1.165, 1.54) is 17.7 Å². The van der Waals surface area contributed by atoms with Crippen LogP contribution in [0.15, 0.2) is 29.2 Å². The summed E-state index contributed by atoms with van der Waals surface area (Å²) < 4.78 is 5.77. The number of Topliss-reactive ketones (excluding diaryl/α,β-unsaturated/α-hetero) is 1. The van der Waals surface area contributed by atoms with Gasteiger partial charge in [0.1, 0.15) is 6.61 Å². The van der Waals surface area contributed by atoms with Gasteiger partial charge in [0.15, 0.2) is 5.78 Å². The first-order valence-corrected chi connectivity index (χ1v) is 8.20. The van der Waals surface area contributed by atoms with Crippen LogP contribution in [0.2, 0.25) is 0 Å². The van der Waals surface area contributed by atoms with Gasteiger partial charge < -0.3 is 4.74 Å². The van der Waals surface area contributed by atoms with Gasteiger partial charge in [-0.1, -0.05) is 31.9 Å². The van der Waals surface area contributed by atoms with Gasteiger partial charge in [-0.3, -0.25) is 4.79 Å². The lowest BCUT2D eigenvalue weighted by Gasteiger charge is -2.26. The van der Waals surface area contributed by atoms with Gasteiger partial charge in [-0.15, -0.1) is 11.8 Å². The van der Waals surface area contributed by atoms with Gasteiger partial charge in [-0.05, 0) is 37.1 Å². The van der Waals surface area contributed by atoms with Crippen molar-refractivity contribution in [3.05, 3.63) is 29.8 Å². The third kappa shape index (κ3) is 4.36. The van der Waals surface area contributed by atoms with Crippen molar-refractivity contribution in [1.82, 2.24) is 0 Å². The maximum atomic E-state index is 12.0. The molecule has 1 aromatic carbocycles. The highest BCUT2D eigenvalue weighted by Gasteiger charge is 2.20. The number of rotatable bonds is 5. The van der Waals surface area contributed by atoms with Crippen molar-refractivity contribution in [2.45, 2.75) is 43.6 Å². The van der Waals surface area contributed by atoms with Crippen molar-refractivity contribution >= 4 is 17.5 Å². The Morgan fingerprint density at radius 2 is 2.05 bits per heavy atom. The second kappa shape index (κ2) is 7.11. The van der Waals surface area contributed by atoms with Crippen molar-refractivity contribution < 1.29 is 9.53 Å². The van der Waals surface area contributed by atoms with Crippen LogP contribution in [0.1, 0.15) is 43.0 Å². The normalized spacial score (nSPS) is 23.3. The van der Waals surface area contributed by atoms with Crippen LogP contribution in [0, 0.1) is 5.92 Å². The topological polar surface area (TPSA) is 26.3 Å². The van der Waals surface area contributed by atoms with Crippen molar-refractivity contribution in [3.63, 3.8) is 0 Å². The van der Waals surface area contributed by atoms with Gasteiger partial charge >= 0.3 is 0 Å². The molecule has 0 bridgehead atoms. The van der Waals surface area contributed by atoms with Crippen molar-refractivity contribution in [1.29, 1.82) is 0 Å². The molecular weight excluding hydrogens is 256 g/mol. The van der Waals surface area contributed by atoms with Gasteiger partial charge in [-0.2, -0.15) is 0 Å². The summed E-state index contributed by atoms with van der Waals surface area (Å²) in [4.78, 5) is 13.2. The van der Waals surface area contributed by atoms with Crippen LogP contribution in [-0.4, -0.2) is 24.7 Å². The first-order chi connectivity index (χ1) is 9.19. The number of hydrogen-bond acceptors (Lipinski definition) is 3. The molecule has 0 amide bonds. The number of thioether (sulfide) groups is 1. The summed E-state index contributed by atoms with van der Waals surface area (Å²) in [5, 5.41) is 0. The first kappa shape index (κ1) is 14.6. The van der Waals surface area contributed by atoms with Crippen LogP contribution in [0.25, 0.3) is 0 Å². The number of ether oxygens (including phenoxy) is 1. The monoisotopic (exact) mass is 278 g/mol. The van der Waals surface area contributed by atoms with E-state index in [1.807, 2.05) is 30.5 Å². The zero-order valence-corrected chi connectivity index (χ0v) is 12.5. The standard InChI is InChI=1S/C16H22O2S/c1-12-4-3-5-14(10-12)18-11-16(17)13-6-8-15(19-2)9-7-13/h6-9,12,14H,3-5,10-11H2,1-2H3. The third-order valence-electron chi connectivity index (χ3n) is 3.75. The lowest BCUT2D eigenvalue weighted by molar-refractivity contribution is 0.0182. The van der Waals surface area contributed by atoms with Crippen molar-refractivity contribution in [2.75, 3.05) is 12.9 Å². The summed E-state index contributed by atoms with van der Waals surface area (Å²) in [6.07, 6.45) is 7.02. The second-order valence-corrected chi connectivity index (χ2v) is 6.24. The Labute approximate surface area is 119 Å². The number of hydrogen-bond donors (Lipinski definition) is 0. The predicted molar refractivity (Wildman–Crippen MR) is 79.9 cm³/mol. The smallest absolute Gasteiger partial charge is 0.188 e. The molecule has 3 heteroatoms. The van der Waals surface area contributed by atoms with Crippen LogP contribution in [0.5, 0.6) is 0 Å². The summed E-state index contributed by atoms with van der Waals surface area (Å²) in [6, 6.07) is 7.75. The number of carbonyl (C=O) groups is 1. The van der Waals surface area contributed by atoms with Crippen molar-refractivity contribution in [2.24, 2.45) is 5.92 Å². The fraction of sp³-hybridized carbons (Fsp3) is 0.562. The molecule has 19 heavy (non-hydrogen) atoms. The van der Waals surface area contributed by atoms with Crippen LogP contribution in [-0.2, 0) is 4.74 Å². The molecule has 104 valence electrons. The largest absolute Gasteiger partial charge is 0.370 e. The first-order valence-electron chi connectivity index (χ1n) is 6.98. The molecule has 2 rings (SSSR count). The Morgan fingerprint density at radius 1 is 1.32 bits per heavy atom. The summed E-state index contributed by atoms with van der Waals surface area (Å²) in [5.74, 6) is 0.820.